The maximum absolute atomic E-state index is 14.2. The monoisotopic (exact) mass is 533 g/mol. The SMILES string of the molecule is O=C(OCN1C(=O)CCc2ccc(CCN3CCN(c4cc(F)cc5sccc45)CC3)cc21)c1ccoc1. The van der Waals surface area contributed by atoms with Crippen LogP contribution in [0, 0.1) is 5.82 Å². The topological polar surface area (TPSA) is 66.2 Å². The third kappa shape index (κ3) is 5.04. The molecule has 38 heavy (non-hydrogen) atoms. The first-order valence-electron chi connectivity index (χ1n) is 12.8. The van der Waals surface area contributed by atoms with Crippen molar-refractivity contribution in [2.45, 2.75) is 19.3 Å². The smallest absolute Gasteiger partial charge is 0.343 e. The van der Waals surface area contributed by atoms with Crippen molar-refractivity contribution >= 4 is 44.7 Å². The van der Waals surface area contributed by atoms with E-state index in [4.69, 9.17) is 9.15 Å². The minimum absolute atomic E-state index is 0.0529. The van der Waals surface area contributed by atoms with Crippen molar-refractivity contribution in [1.29, 1.82) is 0 Å². The number of carbonyl (C=O) groups excluding carboxylic acids is 2. The molecular weight excluding hydrogens is 505 g/mol. The summed E-state index contributed by atoms with van der Waals surface area (Å²) in [6, 6.07) is 13.1. The van der Waals surface area contributed by atoms with Crippen molar-refractivity contribution in [1.82, 2.24) is 4.90 Å². The second-order valence-corrected chi connectivity index (χ2v) is 10.6. The maximum atomic E-state index is 14.2. The number of halogens is 1. The molecule has 0 spiro atoms. The molecule has 7 nitrogen and oxygen atoms in total. The third-order valence-electron chi connectivity index (χ3n) is 7.38. The van der Waals surface area contributed by atoms with Gasteiger partial charge in [-0.25, -0.2) is 9.18 Å². The molecule has 1 saturated heterocycles. The van der Waals surface area contributed by atoms with E-state index in [1.807, 2.05) is 11.4 Å². The Morgan fingerprint density at radius 1 is 1.03 bits per heavy atom. The number of thiophene rings is 1. The minimum Gasteiger partial charge on any atom is -0.472 e. The number of aryl methyl sites for hydroxylation is 1. The van der Waals surface area contributed by atoms with Crippen LogP contribution in [0.15, 0.2) is 64.8 Å². The van der Waals surface area contributed by atoms with Gasteiger partial charge in [0.25, 0.3) is 0 Å². The number of ether oxygens (including phenoxy) is 1. The van der Waals surface area contributed by atoms with Gasteiger partial charge in [0, 0.05) is 54.9 Å². The van der Waals surface area contributed by atoms with Crippen molar-refractivity contribution in [2.24, 2.45) is 0 Å². The number of fused-ring (bicyclic) bond motifs is 2. The van der Waals surface area contributed by atoms with Gasteiger partial charge in [-0.2, -0.15) is 0 Å². The van der Waals surface area contributed by atoms with Crippen LogP contribution < -0.4 is 9.80 Å². The number of piperazine rings is 1. The molecule has 1 fully saturated rings. The number of hydrogen-bond donors (Lipinski definition) is 0. The highest BCUT2D eigenvalue weighted by Gasteiger charge is 2.26. The first kappa shape index (κ1) is 24.6. The molecular formula is C29H28FN3O4S. The molecule has 2 aliphatic heterocycles. The van der Waals surface area contributed by atoms with Crippen LogP contribution in [0.4, 0.5) is 15.8 Å². The van der Waals surface area contributed by atoms with Crippen molar-refractivity contribution in [3.05, 3.63) is 82.9 Å². The minimum atomic E-state index is -0.521. The predicted octanol–water partition coefficient (Wildman–Crippen LogP) is 5.09. The number of carbonyl (C=O) groups is 2. The van der Waals surface area contributed by atoms with Gasteiger partial charge in [-0.3, -0.25) is 14.6 Å². The fourth-order valence-electron chi connectivity index (χ4n) is 5.25. The lowest BCUT2D eigenvalue weighted by molar-refractivity contribution is -0.119. The summed E-state index contributed by atoms with van der Waals surface area (Å²) in [4.78, 5) is 31.2. The highest BCUT2D eigenvalue weighted by molar-refractivity contribution is 7.17. The van der Waals surface area contributed by atoms with Gasteiger partial charge in [0.2, 0.25) is 5.91 Å². The molecule has 2 aromatic carbocycles. The largest absolute Gasteiger partial charge is 0.472 e. The van der Waals surface area contributed by atoms with Crippen molar-refractivity contribution in [2.75, 3.05) is 49.3 Å². The lowest BCUT2D eigenvalue weighted by Gasteiger charge is -2.36. The molecule has 1 amide bonds. The number of esters is 1. The van der Waals surface area contributed by atoms with Gasteiger partial charge < -0.3 is 14.1 Å². The summed E-state index contributed by atoms with van der Waals surface area (Å²) < 4.78 is 25.5. The standard InChI is InChI=1S/C29H28FN3O4S/c30-23-16-26(24-7-14-38-27(24)17-23)32-11-9-31(10-12-32)8-5-20-1-2-21-3-4-28(34)33(25(21)15-20)19-37-29(35)22-6-13-36-18-22/h1-2,6-7,13-18H,3-5,8-12,19H2. The van der Waals surface area contributed by atoms with E-state index in [0.29, 0.717) is 18.4 Å². The summed E-state index contributed by atoms with van der Waals surface area (Å²) in [6.45, 7) is 4.28. The molecule has 0 aliphatic carbocycles. The molecule has 9 heteroatoms. The number of benzene rings is 2. The zero-order valence-electron chi connectivity index (χ0n) is 20.9. The van der Waals surface area contributed by atoms with Crippen molar-refractivity contribution < 1.29 is 23.1 Å². The Morgan fingerprint density at radius 3 is 2.71 bits per heavy atom. The number of anilines is 2. The summed E-state index contributed by atoms with van der Waals surface area (Å²) in [5, 5.41) is 3.13. The van der Waals surface area contributed by atoms with E-state index in [1.165, 1.54) is 18.6 Å². The van der Waals surface area contributed by atoms with Gasteiger partial charge in [0.15, 0.2) is 6.73 Å². The molecule has 196 valence electrons. The van der Waals surface area contributed by atoms with Gasteiger partial charge in [0.05, 0.1) is 17.5 Å². The van der Waals surface area contributed by atoms with E-state index in [9.17, 15) is 14.0 Å². The van der Waals surface area contributed by atoms with E-state index >= 15 is 0 Å². The zero-order chi connectivity index (χ0) is 26.1. The average molecular weight is 534 g/mol. The number of amides is 1. The molecule has 2 aromatic heterocycles. The van der Waals surface area contributed by atoms with E-state index < -0.39 is 5.97 Å². The molecule has 6 rings (SSSR count). The third-order valence-corrected chi connectivity index (χ3v) is 8.24. The lowest BCUT2D eigenvalue weighted by atomic mass is 9.98. The van der Waals surface area contributed by atoms with Gasteiger partial charge in [0.1, 0.15) is 12.1 Å². The highest BCUT2D eigenvalue weighted by Crippen LogP contribution is 2.33. The molecule has 2 aliphatic rings. The van der Waals surface area contributed by atoms with Crippen LogP contribution in [-0.4, -0.2) is 56.2 Å². The van der Waals surface area contributed by atoms with Crippen molar-refractivity contribution in [3.63, 3.8) is 0 Å². The Balaban J connectivity index is 1.07. The van der Waals surface area contributed by atoms with Gasteiger partial charge in [-0.15, -0.1) is 11.3 Å². The van der Waals surface area contributed by atoms with Crippen LogP contribution >= 0.6 is 11.3 Å². The molecule has 0 radical (unpaired) electrons. The fourth-order valence-corrected chi connectivity index (χ4v) is 6.08. The predicted molar refractivity (Wildman–Crippen MR) is 145 cm³/mol. The number of nitrogens with zero attached hydrogens (tertiary/aromatic N) is 3. The molecule has 0 saturated carbocycles. The molecule has 0 N–H and O–H groups in total. The van der Waals surface area contributed by atoms with E-state index in [-0.39, 0.29) is 18.5 Å². The first-order chi connectivity index (χ1) is 18.5. The maximum Gasteiger partial charge on any atom is 0.343 e. The van der Waals surface area contributed by atoms with Gasteiger partial charge >= 0.3 is 5.97 Å². The summed E-state index contributed by atoms with van der Waals surface area (Å²) in [6.07, 6.45) is 4.66. The van der Waals surface area contributed by atoms with Crippen molar-refractivity contribution in [3.8, 4) is 0 Å². The summed E-state index contributed by atoms with van der Waals surface area (Å²) in [7, 11) is 0. The van der Waals surface area contributed by atoms with Crippen LogP contribution in [0.3, 0.4) is 0 Å². The molecule has 4 heterocycles. The van der Waals surface area contributed by atoms with E-state index in [1.54, 1.807) is 28.4 Å². The first-order valence-corrected chi connectivity index (χ1v) is 13.7. The Morgan fingerprint density at radius 2 is 1.89 bits per heavy atom. The quantitative estimate of drug-likeness (QED) is 0.308. The Kier molecular flexibility index (Phi) is 6.86. The Bertz CT molecular complexity index is 1460. The number of rotatable bonds is 7. The lowest BCUT2D eigenvalue weighted by Crippen LogP contribution is -2.47. The van der Waals surface area contributed by atoms with Crippen LogP contribution in [0.2, 0.25) is 0 Å². The molecule has 0 bridgehead atoms. The second-order valence-electron chi connectivity index (χ2n) is 9.69. The van der Waals surface area contributed by atoms with Crippen LogP contribution in [-0.2, 0) is 22.4 Å². The summed E-state index contributed by atoms with van der Waals surface area (Å²) >= 11 is 1.57. The normalized spacial score (nSPS) is 16.2. The highest BCUT2D eigenvalue weighted by atomic mass is 32.1. The molecule has 0 unspecified atom stereocenters. The van der Waals surface area contributed by atoms with Crippen LogP contribution in [0.5, 0.6) is 0 Å². The van der Waals surface area contributed by atoms with Crippen LogP contribution in [0.1, 0.15) is 27.9 Å². The van der Waals surface area contributed by atoms with Crippen LogP contribution in [0.25, 0.3) is 10.1 Å². The van der Waals surface area contributed by atoms with E-state index in [2.05, 4.69) is 28.0 Å². The number of hydrogen-bond acceptors (Lipinski definition) is 7. The molecule has 0 atom stereocenters. The number of furan rings is 1. The second kappa shape index (κ2) is 10.6. The summed E-state index contributed by atoms with van der Waals surface area (Å²) in [5.74, 6) is -0.761. The summed E-state index contributed by atoms with van der Waals surface area (Å²) in [5.41, 5.74) is 4.33. The fraction of sp³-hybridized carbons (Fsp3) is 0.310. The van der Waals surface area contributed by atoms with Gasteiger partial charge in [-0.05, 0) is 59.7 Å². The Labute approximate surface area is 224 Å². The van der Waals surface area contributed by atoms with E-state index in [0.717, 1.165) is 71.7 Å². The Hall–Kier alpha value is -3.69. The average Bonchev–Trinajstić information content (AvgIpc) is 3.64. The molecule has 4 aromatic rings. The zero-order valence-corrected chi connectivity index (χ0v) is 21.7. The van der Waals surface area contributed by atoms with Gasteiger partial charge in [-0.1, -0.05) is 12.1 Å².